The molecule has 17 heavy (non-hydrogen) atoms. The second-order valence-corrected chi connectivity index (χ2v) is 4.63. The number of aromatic nitrogens is 2. The van der Waals surface area contributed by atoms with Gasteiger partial charge in [0.2, 0.25) is 5.95 Å². The SMILES string of the molecule is C/C(=C\c1ccc(C)c(F)n1)c1csc(N)n1. The van der Waals surface area contributed by atoms with Gasteiger partial charge in [0.05, 0.1) is 11.4 Å². The number of hydrogen-bond acceptors (Lipinski definition) is 4. The normalized spacial score (nSPS) is 11.8. The number of thiazole rings is 1. The minimum atomic E-state index is -0.440. The Balaban J connectivity index is 2.32. The number of pyridine rings is 1. The molecule has 0 radical (unpaired) electrons. The number of rotatable bonds is 2. The first-order valence-corrected chi connectivity index (χ1v) is 5.97. The summed E-state index contributed by atoms with van der Waals surface area (Å²) < 4.78 is 13.3. The molecule has 0 fully saturated rings. The molecular weight excluding hydrogens is 237 g/mol. The molecule has 0 aromatic carbocycles. The molecule has 0 aliphatic rings. The van der Waals surface area contributed by atoms with Crippen molar-refractivity contribution in [1.29, 1.82) is 0 Å². The first-order valence-electron chi connectivity index (χ1n) is 5.09. The molecule has 2 aromatic rings. The Morgan fingerprint density at radius 1 is 1.41 bits per heavy atom. The van der Waals surface area contributed by atoms with Gasteiger partial charge >= 0.3 is 0 Å². The molecule has 2 rings (SSSR count). The highest BCUT2D eigenvalue weighted by atomic mass is 32.1. The Morgan fingerprint density at radius 2 is 2.18 bits per heavy atom. The van der Waals surface area contributed by atoms with Gasteiger partial charge in [0, 0.05) is 10.9 Å². The zero-order chi connectivity index (χ0) is 12.4. The number of nitrogens with two attached hydrogens (primary N) is 1. The van der Waals surface area contributed by atoms with Gasteiger partial charge in [-0.3, -0.25) is 0 Å². The summed E-state index contributed by atoms with van der Waals surface area (Å²) >= 11 is 1.38. The fourth-order valence-electron chi connectivity index (χ4n) is 1.36. The van der Waals surface area contributed by atoms with Crippen molar-refractivity contribution in [2.24, 2.45) is 0 Å². The quantitative estimate of drug-likeness (QED) is 0.832. The first-order chi connectivity index (χ1) is 8.06. The molecule has 2 heterocycles. The van der Waals surface area contributed by atoms with Gasteiger partial charge in [-0.15, -0.1) is 11.3 Å². The number of nitrogens with zero attached hydrogens (tertiary/aromatic N) is 2. The summed E-state index contributed by atoms with van der Waals surface area (Å²) in [6, 6.07) is 3.48. The third-order valence-corrected chi connectivity index (χ3v) is 3.02. The molecule has 0 atom stereocenters. The predicted molar refractivity (Wildman–Crippen MR) is 69.0 cm³/mol. The van der Waals surface area contributed by atoms with Crippen molar-refractivity contribution in [2.45, 2.75) is 13.8 Å². The van der Waals surface area contributed by atoms with E-state index in [4.69, 9.17) is 5.73 Å². The van der Waals surface area contributed by atoms with Crippen LogP contribution in [-0.2, 0) is 0 Å². The van der Waals surface area contributed by atoms with Crippen LogP contribution in [0.3, 0.4) is 0 Å². The van der Waals surface area contributed by atoms with Crippen LogP contribution in [0.25, 0.3) is 11.6 Å². The number of halogens is 1. The molecule has 0 aliphatic carbocycles. The van der Waals surface area contributed by atoms with Crippen LogP contribution in [0.4, 0.5) is 9.52 Å². The number of anilines is 1. The third kappa shape index (κ3) is 2.68. The van der Waals surface area contributed by atoms with Gasteiger partial charge in [-0.2, -0.15) is 4.39 Å². The Kier molecular flexibility index (Phi) is 3.19. The van der Waals surface area contributed by atoms with Crippen molar-refractivity contribution in [3.8, 4) is 0 Å². The molecule has 5 heteroatoms. The summed E-state index contributed by atoms with van der Waals surface area (Å²) in [6.45, 7) is 3.58. The van der Waals surface area contributed by atoms with E-state index in [9.17, 15) is 4.39 Å². The van der Waals surface area contributed by atoms with Crippen molar-refractivity contribution >= 4 is 28.1 Å². The molecule has 2 aromatic heterocycles. The highest BCUT2D eigenvalue weighted by Gasteiger charge is 2.03. The van der Waals surface area contributed by atoms with Gasteiger partial charge in [-0.1, -0.05) is 6.07 Å². The Morgan fingerprint density at radius 3 is 2.76 bits per heavy atom. The van der Waals surface area contributed by atoms with Crippen molar-refractivity contribution in [3.63, 3.8) is 0 Å². The van der Waals surface area contributed by atoms with Gasteiger partial charge in [0.15, 0.2) is 5.13 Å². The topological polar surface area (TPSA) is 51.8 Å². The molecule has 0 bridgehead atoms. The van der Waals surface area contributed by atoms with Crippen LogP contribution in [0.15, 0.2) is 17.5 Å². The van der Waals surface area contributed by atoms with Crippen LogP contribution in [0, 0.1) is 12.9 Å². The van der Waals surface area contributed by atoms with Crippen LogP contribution in [0.1, 0.15) is 23.9 Å². The predicted octanol–water partition coefficient (Wildman–Crippen LogP) is 3.13. The van der Waals surface area contributed by atoms with E-state index in [2.05, 4.69) is 9.97 Å². The van der Waals surface area contributed by atoms with E-state index < -0.39 is 5.95 Å². The number of nitrogen functional groups attached to an aromatic ring is 1. The number of hydrogen-bond donors (Lipinski definition) is 1. The second kappa shape index (κ2) is 4.63. The zero-order valence-corrected chi connectivity index (χ0v) is 10.4. The summed E-state index contributed by atoms with van der Waals surface area (Å²) in [4.78, 5) is 8.00. The maximum Gasteiger partial charge on any atom is 0.216 e. The zero-order valence-electron chi connectivity index (χ0n) is 9.57. The van der Waals surface area contributed by atoms with Crippen molar-refractivity contribution in [3.05, 3.63) is 40.4 Å². The molecular formula is C12H12FN3S. The Hall–Kier alpha value is -1.75. The Labute approximate surface area is 103 Å². The number of allylic oxidation sites excluding steroid dienone is 1. The molecule has 0 aliphatic heterocycles. The Bertz CT molecular complexity index is 575. The highest BCUT2D eigenvalue weighted by Crippen LogP contribution is 2.20. The minimum absolute atomic E-state index is 0.440. The average Bonchev–Trinajstić information content (AvgIpc) is 2.70. The van der Waals surface area contributed by atoms with Gasteiger partial charge in [0.25, 0.3) is 0 Å². The maximum absolute atomic E-state index is 13.3. The smallest absolute Gasteiger partial charge is 0.216 e. The van der Waals surface area contributed by atoms with Gasteiger partial charge in [-0.25, -0.2) is 9.97 Å². The van der Waals surface area contributed by atoms with Crippen molar-refractivity contribution in [2.75, 3.05) is 5.73 Å². The van der Waals surface area contributed by atoms with E-state index in [0.29, 0.717) is 16.4 Å². The van der Waals surface area contributed by atoms with Crippen LogP contribution in [0.2, 0.25) is 0 Å². The lowest BCUT2D eigenvalue weighted by Crippen LogP contribution is -1.91. The first kappa shape index (κ1) is 11.7. The van der Waals surface area contributed by atoms with E-state index in [-0.39, 0.29) is 0 Å². The van der Waals surface area contributed by atoms with Crippen LogP contribution >= 0.6 is 11.3 Å². The van der Waals surface area contributed by atoms with E-state index >= 15 is 0 Å². The summed E-state index contributed by atoms with van der Waals surface area (Å²) in [6.07, 6.45) is 1.79. The van der Waals surface area contributed by atoms with E-state index in [1.807, 2.05) is 12.3 Å². The van der Waals surface area contributed by atoms with Crippen molar-refractivity contribution in [1.82, 2.24) is 9.97 Å². The summed E-state index contributed by atoms with van der Waals surface area (Å²) in [7, 11) is 0. The lowest BCUT2D eigenvalue weighted by molar-refractivity contribution is 0.573. The summed E-state index contributed by atoms with van der Waals surface area (Å²) in [5.41, 5.74) is 8.39. The summed E-state index contributed by atoms with van der Waals surface area (Å²) in [5, 5.41) is 2.39. The largest absolute Gasteiger partial charge is 0.375 e. The molecule has 88 valence electrons. The summed E-state index contributed by atoms with van der Waals surface area (Å²) in [5.74, 6) is -0.440. The lowest BCUT2D eigenvalue weighted by atomic mass is 10.2. The maximum atomic E-state index is 13.3. The van der Waals surface area contributed by atoms with Crippen LogP contribution in [0.5, 0.6) is 0 Å². The van der Waals surface area contributed by atoms with Crippen LogP contribution in [-0.4, -0.2) is 9.97 Å². The molecule has 0 saturated heterocycles. The number of aryl methyl sites for hydroxylation is 1. The van der Waals surface area contributed by atoms with E-state index in [1.165, 1.54) is 11.3 Å². The molecule has 0 spiro atoms. The highest BCUT2D eigenvalue weighted by molar-refractivity contribution is 7.13. The second-order valence-electron chi connectivity index (χ2n) is 3.74. The molecule has 3 nitrogen and oxygen atoms in total. The average molecular weight is 249 g/mol. The van der Waals surface area contributed by atoms with E-state index in [0.717, 1.165) is 11.3 Å². The molecule has 2 N–H and O–H groups in total. The molecule has 0 amide bonds. The minimum Gasteiger partial charge on any atom is -0.375 e. The fraction of sp³-hybridized carbons (Fsp3) is 0.167. The fourth-order valence-corrected chi connectivity index (χ4v) is 1.98. The monoisotopic (exact) mass is 249 g/mol. The third-order valence-electron chi connectivity index (χ3n) is 2.35. The molecule has 0 saturated carbocycles. The van der Waals surface area contributed by atoms with Gasteiger partial charge in [-0.05, 0) is 31.6 Å². The lowest BCUT2D eigenvalue weighted by Gasteiger charge is -1.99. The standard InChI is InChI=1S/C12H12FN3S/c1-7-3-4-9(15-11(7)13)5-8(2)10-6-17-12(14)16-10/h3-6H,1-2H3,(H2,14,16)/b8-5+. The van der Waals surface area contributed by atoms with Crippen LogP contribution < -0.4 is 5.73 Å². The van der Waals surface area contributed by atoms with Gasteiger partial charge in [0.1, 0.15) is 0 Å². The van der Waals surface area contributed by atoms with Crippen molar-refractivity contribution < 1.29 is 4.39 Å². The molecule has 0 unspecified atom stereocenters. The van der Waals surface area contributed by atoms with E-state index in [1.54, 1.807) is 25.1 Å². The van der Waals surface area contributed by atoms with Gasteiger partial charge < -0.3 is 5.73 Å².